The fourth-order valence-electron chi connectivity index (χ4n) is 4.26. The smallest absolute Gasteiger partial charge is 0.274 e. The molecule has 1 amide bonds. The van der Waals surface area contributed by atoms with Crippen LogP contribution in [0.15, 0.2) is 60.9 Å². The van der Waals surface area contributed by atoms with E-state index in [-0.39, 0.29) is 29.1 Å². The van der Waals surface area contributed by atoms with Gasteiger partial charge in [-0.3, -0.25) is 9.89 Å². The van der Waals surface area contributed by atoms with Gasteiger partial charge >= 0.3 is 0 Å². The molecule has 5 rings (SSSR count). The van der Waals surface area contributed by atoms with E-state index in [2.05, 4.69) is 35.8 Å². The number of halogens is 1. The number of carbonyl (C=O) groups is 1. The standard InChI is InChI=1S/C29H26FN9O/c1-15-4-5-20(11-24(15)30)17(3)36-29(40)25-28(34-14-22(12-31)37-25)35-16(2)18-6-8-19(9-7-18)21-10-23-26(32)38-39-27(23)33-13-21/h4-11,13-14,16-17H,1-3H3,(H,34,35)(H,36,40)(H3,32,33,38,39)/t16-,17+/m1/s1. The number of aryl methyl sites for hydroxylation is 1. The van der Waals surface area contributed by atoms with Gasteiger partial charge in [-0.2, -0.15) is 10.4 Å². The minimum Gasteiger partial charge on any atom is -0.384 e. The number of benzene rings is 2. The van der Waals surface area contributed by atoms with Crippen molar-refractivity contribution in [3.05, 3.63) is 94.8 Å². The van der Waals surface area contributed by atoms with Gasteiger partial charge in [-0.05, 0) is 55.2 Å². The van der Waals surface area contributed by atoms with Gasteiger partial charge in [-0.25, -0.2) is 19.3 Å². The van der Waals surface area contributed by atoms with Crippen molar-refractivity contribution in [2.24, 2.45) is 0 Å². The third-order valence-electron chi connectivity index (χ3n) is 6.68. The van der Waals surface area contributed by atoms with Gasteiger partial charge in [0.15, 0.2) is 22.9 Å². The lowest BCUT2D eigenvalue weighted by Crippen LogP contribution is -2.29. The number of aromatic amines is 1. The largest absolute Gasteiger partial charge is 0.384 e. The van der Waals surface area contributed by atoms with Crippen molar-refractivity contribution < 1.29 is 9.18 Å². The lowest BCUT2D eigenvalue weighted by Gasteiger charge is -2.19. The Balaban J connectivity index is 1.35. The molecule has 0 bridgehead atoms. The summed E-state index contributed by atoms with van der Waals surface area (Å²) >= 11 is 0. The maximum atomic E-state index is 14.1. The number of nitriles is 1. The van der Waals surface area contributed by atoms with Gasteiger partial charge in [0, 0.05) is 11.8 Å². The number of amides is 1. The van der Waals surface area contributed by atoms with E-state index in [1.807, 2.05) is 43.3 Å². The first-order valence-electron chi connectivity index (χ1n) is 12.5. The van der Waals surface area contributed by atoms with E-state index in [1.165, 1.54) is 12.3 Å². The van der Waals surface area contributed by atoms with Crippen LogP contribution in [0.5, 0.6) is 0 Å². The first-order valence-corrected chi connectivity index (χ1v) is 12.5. The number of carbonyl (C=O) groups excluding carboxylic acids is 1. The number of anilines is 2. The van der Waals surface area contributed by atoms with Crippen LogP contribution in [0, 0.1) is 24.1 Å². The quantitative estimate of drug-likeness (QED) is 0.227. The number of nitrogens with zero attached hydrogens (tertiary/aromatic N) is 5. The van der Waals surface area contributed by atoms with Crippen LogP contribution in [-0.2, 0) is 0 Å². The highest BCUT2D eigenvalue weighted by Gasteiger charge is 2.21. The molecule has 40 heavy (non-hydrogen) atoms. The summed E-state index contributed by atoms with van der Waals surface area (Å²) in [5.41, 5.74) is 10.4. The van der Waals surface area contributed by atoms with Crippen molar-refractivity contribution in [2.75, 3.05) is 11.1 Å². The van der Waals surface area contributed by atoms with E-state index in [9.17, 15) is 14.4 Å². The number of aromatic nitrogens is 5. The van der Waals surface area contributed by atoms with Crippen molar-refractivity contribution in [1.29, 1.82) is 5.26 Å². The van der Waals surface area contributed by atoms with Crippen LogP contribution in [0.2, 0.25) is 0 Å². The van der Waals surface area contributed by atoms with E-state index in [0.717, 1.165) is 22.1 Å². The molecule has 0 aliphatic rings. The van der Waals surface area contributed by atoms with E-state index in [4.69, 9.17) is 5.73 Å². The van der Waals surface area contributed by atoms with E-state index in [0.29, 0.717) is 22.6 Å². The van der Waals surface area contributed by atoms with Gasteiger partial charge in [0.25, 0.3) is 5.91 Å². The molecule has 0 saturated heterocycles. The third kappa shape index (κ3) is 5.28. The second-order valence-corrected chi connectivity index (χ2v) is 9.49. The van der Waals surface area contributed by atoms with Crippen LogP contribution in [0.25, 0.3) is 22.2 Å². The average molecular weight is 536 g/mol. The summed E-state index contributed by atoms with van der Waals surface area (Å²) in [6, 6.07) is 15.7. The number of nitrogens with one attached hydrogen (secondary N) is 3. The molecule has 0 aliphatic carbocycles. The van der Waals surface area contributed by atoms with Crippen LogP contribution in [0.3, 0.4) is 0 Å². The summed E-state index contributed by atoms with van der Waals surface area (Å²) in [6.07, 6.45) is 3.04. The molecule has 3 aromatic heterocycles. The molecule has 0 aliphatic heterocycles. The Morgan fingerprint density at radius 1 is 1.02 bits per heavy atom. The number of rotatable bonds is 7. The summed E-state index contributed by atoms with van der Waals surface area (Å²) in [6.45, 7) is 5.34. The van der Waals surface area contributed by atoms with Crippen LogP contribution < -0.4 is 16.4 Å². The summed E-state index contributed by atoms with van der Waals surface area (Å²) in [5.74, 6) is -0.206. The molecule has 0 unspecified atom stereocenters. The first-order chi connectivity index (χ1) is 19.2. The second-order valence-electron chi connectivity index (χ2n) is 9.49. The SMILES string of the molecule is Cc1ccc([C@H](C)NC(=O)c2nc(C#N)cnc2N[C@H](C)c2ccc(-c3cnc4n[nH]c(N)c4c3)cc2)cc1F. The summed E-state index contributed by atoms with van der Waals surface area (Å²) in [5, 5.41) is 22.9. The molecular weight excluding hydrogens is 509 g/mol. The Bertz CT molecular complexity index is 1760. The molecule has 5 N–H and O–H groups in total. The fourth-order valence-corrected chi connectivity index (χ4v) is 4.26. The number of fused-ring (bicyclic) bond motifs is 1. The second kappa shape index (κ2) is 10.8. The molecule has 2 aromatic carbocycles. The van der Waals surface area contributed by atoms with Gasteiger partial charge in [0.1, 0.15) is 17.7 Å². The summed E-state index contributed by atoms with van der Waals surface area (Å²) in [4.78, 5) is 26.1. The van der Waals surface area contributed by atoms with Gasteiger partial charge in [0.2, 0.25) is 0 Å². The van der Waals surface area contributed by atoms with Crippen LogP contribution in [-0.4, -0.2) is 31.1 Å². The molecule has 11 heteroatoms. The molecule has 0 radical (unpaired) electrons. The van der Waals surface area contributed by atoms with Gasteiger partial charge in [0.05, 0.1) is 23.7 Å². The normalized spacial score (nSPS) is 12.5. The fraction of sp³-hybridized carbons (Fsp3) is 0.172. The third-order valence-corrected chi connectivity index (χ3v) is 6.68. The topological polar surface area (TPSA) is 158 Å². The molecule has 10 nitrogen and oxygen atoms in total. The van der Waals surface area contributed by atoms with Gasteiger partial charge in [-0.15, -0.1) is 0 Å². The Morgan fingerprint density at radius 3 is 2.50 bits per heavy atom. The molecule has 0 saturated carbocycles. The zero-order chi connectivity index (χ0) is 28.4. The zero-order valence-electron chi connectivity index (χ0n) is 22.0. The maximum Gasteiger partial charge on any atom is 0.274 e. The average Bonchev–Trinajstić information content (AvgIpc) is 3.34. The molecule has 0 spiro atoms. The molecule has 2 atom stereocenters. The van der Waals surface area contributed by atoms with Crippen molar-refractivity contribution in [3.63, 3.8) is 0 Å². The zero-order valence-corrected chi connectivity index (χ0v) is 22.0. The number of pyridine rings is 1. The van der Waals surface area contributed by atoms with Crippen molar-refractivity contribution in [2.45, 2.75) is 32.9 Å². The molecular formula is C29H26FN9O. The van der Waals surface area contributed by atoms with Crippen LogP contribution in [0.4, 0.5) is 16.0 Å². The van der Waals surface area contributed by atoms with E-state index in [1.54, 1.807) is 32.2 Å². The Morgan fingerprint density at radius 2 is 1.77 bits per heavy atom. The van der Waals surface area contributed by atoms with Gasteiger partial charge < -0.3 is 16.4 Å². The lowest BCUT2D eigenvalue weighted by molar-refractivity contribution is 0.0935. The molecule has 3 heterocycles. The first kappa shape index (κ1) is 26.2. The monoisotopic (exact) mass is 535 g/mol. The summed E-state index contributed by atoms with van der Waals surface area (Å²) in [7, 11) is 0. The van der Waals surface area contributed by atoms with Crippen LogP contribution >= 0.6 is 0 Å². The maximum absolute atomic E-state index is 14.1. The highest BCUT2D eigenvalue weighted by Crippen LogP contribution is 2.27. The number of nitrogen functional groups attached to an aromatic ring is 1. The Hall–Kier alpha value is -5.37. The number of nitrogens with two attached hydrogens (primary N) is 1. The molecule has 200 valence electrons. The number of H-pyrrole nitrogens is 1. The van der Waals surface area contributed by atoms with Crippen molar-refractivity contribution in [1.82, 2.24) is 30.5 Å². The Kier molecular flexibility index (Phi) is 7.07. The van der Waals surface area contributed by atoms with E-state index < -0.39 is 11.9 Å². The molecule has 5 aromatic rings. The summed E-state index contributed by atoms with van der Waals surface area (Å²) < 4.78 is 14.1. The minimum atomic E-state index is -0.537. The predicted molar refractivity (Wildman–Crippen MR) is 150 cm³/mol. The predicted octanol–water partition coefficient (Wildman–Crippen LogP) is 4.98. The highest BCUT2D eigenvalue weighted by atomic mass is 19.1. The van der Waals surface area contributed by atoms with Crippen molar-refractivity contribution in [3.8, 4) is 17.2 Å². The van der Waals surface area contributed by atoms with Crippen molar-refractivity contribution >= 4 is 28.6 Å². The van der Waals surface area contributed by atoms with E-state index >= 15 is 0 Å². The Labute approximate surface area is 229 Å². The highest BCUT2D eigenvalue weighted by molar-refractivity contribution is 5.97. The lowest BCUT2D eigenvalue weighted by atomic mass is 10.0. The minimum absolute atomic E-state index is 0.00516. The van der Waals surface area contributed by atoms with Crippen LogP contribution in [0.1, 0.15) is 58.8 Å². The number of hydrogen-bond donors (Lipinski definition) is 4. The number of hydrogen-bond acceptors (Lipinski definition) is 8. The molecule has 0 fully saturated rings. The van der Waals surface area contributed by atoms with Gasteiger partial charge in [-0.1, -0.05) is 36.4 Å².